The van der Waals surface area contributed by atoms with Crippen LogP contribution in [0.3, 0.4) is 0 Å². The Hall–Kier alpha value is -3.98. The number of carbonyl (C=O) groups is 2. The number of rotatable bonds is 6. The summed E-state index contributed by atoms with van der Waals surface area (Å²) in [5.41, 5.74) is 4.54. The smallest absolute Gasteiger partial charge is 0.341 e. The van der Waals surface area contributed by atoms with E-state index < -0.39 is 0 Å². The lowest BCUT2D eigenvalue weighted by Crippen LogP contribution is -2.48. The number of hydrogen-bond donors (Lipinski definition) is 0. The van der Waals surface area contributed by atoms with Gasteiger partial charge >= 0.3 is 5.97 Å². The molecule has 9 heteroatoms. The summed E-state index contributed by atoms with van der Waals surface area (Å²) in [5.74, 6) is -0.364. The molecule has 9 nitrogen and oxygen atoms in total. The molecule has 1 fully saturated rings. The maximum atomic E-state index is 13.1. The molecule has 1 aliphatic rings. The molecule has 1 aromatic carbocycles. The summed E-state index contributed by atoms with van der Waals surface area (Å²) in [6.45, 7) is 7.65. The molecule has 0 aliphatic carbocycles. The van der Waals surface area contributed by atoms with Crippen molar-refractivity contribution in [1.29, 1.82) is 0 Å². The van der Waals surface area contributed by atoms with Gasteiger partial charge in [-0.3, -0.25) is 9.69 Å². The van der Waals surface area contributed by atoms with Crippen LogP contribution in [-0.2, 0) is 11.3 Å². The number of esters is 1. The SMILES string of the molecule is CCOC(=O)c1cnn(-c2ccc(C(=O)N3CCN(Cc4cn5ccccc5n4)CC3)cc2)c1C. The van der Waals surface area contributed by atoms with Crippen LogP contribution in [0.15, 0.2) is 61.1 Å². The number of aromatic nitrogens is 4. The molecule has 0 radical (unpaired) electrons. The van der Waals surface area contributed by atoms with E-state index >= 15 is 0 Å². The third-order valence-corrected chi connectivity index (χ3v) is 6.32. The van der Waals surface area contributed by atoms with Gasteiger partial charge in [-0.1, -0.05) is 6.07 Å². The molecule has 3 aromatic heterocycles. The summed E-state index contributed by atoms with van der Waals surface area (Å²) < 4.78 is 8.79. The second-order valence-corrected chi connectivity index (χ2v) is 8.59. The largest absolute Gasteiger partial charge is 0.462 e. The van der Waals surface area contributed by atoms with E-state index in [1.165, 1.54) is 6.20 Å². The molecule has 0 unspecified atom stereocenters. The minimum Gasteiger partial charge on any atom is -0.462 e. The minimum absolute atomic E-state index is 0.0216. The first-order chi connectivity index (χ1) is 17.0. The number of benzene rings is 1. The van der Waals surface area contributed by atoms with Crippen molar-refractivity contribution >= 4 is 17.5 Å². The molecule has 1 saturated heterocycles. The zero-order chi connectivity index (χ0) is 24.4. The third-order valence-electron chi connectivity index (χ3n) is 6.32. The van der Waals surface area contributed by atoms with E-state index in [2.05, 4.69) is 21.2 Å². The molecule has 0 N–H and O–H groups in total. The van der Waals surface area contributed by atoms with E-state index in [-0.39, 0.29) is 11.9 Å². The van der Waals surface area contributed by atoms with Gasteiger partial charge in [-0.2, -0.15) is 5.10 Å². The number of piperazine rings is 1. The summed E-state index contributed by atoms with van der Waals surface area (Å²) in [6, 6.07) is 13.3. The summed E-state index contributed by atoms with van der Waals surface area (Å²) in [4.78, 5) is 34.0. The van der Waals surface area contributed by atoms with Crippen molar-refractivity contribution in [2.24, 2.45) is 0 Å². The lowest BCUT2D eigenvalue weighted by molar-refractivity contribution is 0.0525. The van der Waals surface area contributed by atoms with E-state index in [1.807, 2.05) is 64.9 Å². The van der Waals surface area contributed by atoms with E-state index in [4.69, 9.17) is 4.74 Å². The molecule has 4 aromatic rings. The Morgan fingerprint density at radius 2 is 1.80 bits per heavy atom. The van der Waals surface area contributed by atoms with Gasteiger partial charge in [-0.05, 0) is 50.2 Å². The number of pyridine rings is 1. The average Bonchev–Trinajstić information content (AvgIpc) is 3.47. The normalized spacial score (nSPS) is 14.4. The summed E-state index contributed by atoms with van der Waals surface area (Å²) in [5, 5.41) is 4.32. The van der Waals surface area contributed by atoms with Gasteiger partial charge in [-0.15, -0.1) is 0 Å². The molecule has 1 amide bonds. The quantitative estimate of drug-likeness (QED) is 0.401. The van der Waals surface area contributed by atoms with E-state index in [0.717, 1.165) is 36.7 Å². The highest BCUT2D eigenvalue weighted by molar-refractivity contribution is 5.94. The van der Waals surface area contributed by atoms with Gasteiger partial charge < -0.3 is 14.0 Å². The van der Waals surface area contributed by atoms with Crippen molar-refractivity contribution in [2.75, 3.05) is 32.8 Å². The van der Waals surface area contributed by atoms with Crippen LogP contribution in [0.2, 0.25) is 0 Å². The average molecular weight is 473 g/mol. The lowest BCUT2D eigenvalue weighted by atomic mass is 10.1. The Morgan fingerprint density at radius 3 is 2.51 bits per heavy atom. The lowest BCUT2D eigenvalue weighted by Gasteiger charge is -2.34. The van der Waals surface area contributed by atoms with Crippen molar-refractivity contribution in [1.82, 2.24) is 29.0 Å². The second-order valence-electron chi connectivity index (χ2n) is 8.59. The Labute approximate surface area is 203 Å². The van der Waals surface area contributed by atoms with E-state index in [0.29, 0.717) is 36.5 Å². The third kappa shape index (κ3) is 4.67. The van der Waals surface area contributed by atoms with Gasteiger partial charge in [0.1, 0.15) is 11.2 Å². The standard InChI is InChI=1S/C26H28N6O3/c1-3-35-26(34)23-16-27-32(19(23)2)22-9-7-20(8-10-22)25(33)30-14-12-29(13-15-30)17-21-18-31-11-5-4-6-24(31)28-21/h4-11,16,18H,3,12-15,17H2,1-2H3. The molecule has 0 atom stereocenters. The number of nitrogens with zero attached hydrogens (tertiary/aromatic N) is 6. The second kappa shape index (κ2) is 9.71. The van der Waals surface area contributed by atoms with Crippen LogP contribution in [0.1, 0.15) is 39.0 Å². The predicted octanol–water partition coefficient (Wildman–Crippen LogP) is 2.96. The van der Waals surface area contributed by atoms with Crippen LogP contribution in [0.5, 0.6) is 0 Å². The van der Waals surface area contributed by atoms with Crippen LogP contribution in [-0.4, -0.2) is 73.6 Å². The van der Waals surface area contributed by atoms with Crippen LogP contribution in [0.4, 0.5) is 0 Å². The molecule has 5 rings (SSSR count). The zero-order valence-corrected chi connectivity index (χ0v) is 19.9. The highest BCUT2D eigenvalue weighted by atomic mass is 16.5. The van der Waals surface area contributed by atoms with Crippen LogP contribution in [0.25, 0.3) is 11.3 Å². The maximum Gasteiger partial charge on any atom is 0.341 e. The highest BCUT2D eigenvalue weighted by Gasteiger charge is 2.23. The predicted molar refractivity (Wildman–Crippen MR) is 131 cm³/mol. The minimum atomic E-state index is -0.386. The van der Waals surface area contributed by atoms with Gasteiger partial charge in [0.05, 0.1) is 29.9 Å². The Bertz CT molecular complexity index is 1320. The molecule has 180 valence electrons. The Balaban J connectivity index is 1.19. The van der Waals surface area contributed by atoms with Gasteiger partial charge in [0.25, 0.3) is 5.91 Å². The van der Waals surface area contributed by atoms with Crippen LogP contribution >= 0.6 is 0 Å². The van der Waals surface area contributed by atoms with E-state index in [1.54, 1.807) is 11.6 Å². The molecule has 0 spiro atoms. The van der Waals surface area contributed by atoms with Crippen LogP contribution < -0.4 is 0 Å². The van der Waals surface area contributed by atoms with Crippen LogP contribution in [0, 0.1) is 6.92 Å². The molecule has 0 saturated carbocycles. The number of hydrogen-bond acceptors (Lipinski definition) is 6. The fraction of sp³-hybridized carbons (Fsp3) is 0.308. The van der Waals surface area contributed by atoms with Gasteiger partial charge in [0.15, 0.2) is 0 Å². The summed E-state index contributed by atoms with van der Waals surface area (Å²) in [7, 11) is 0. The molecule has 4 heterocycles. The first-order valence-corrected chi connectivity index (χ1v) is 11.8. The van der Waals surface area contributed by atoms with Gasteiger partial charge in [0, 0.05) is 50.7 Å². The van der Waals surface area contributed by atoms with Gasteiger partial charge in [0.2, 0.25) is 0 Å². The zero-order valence-electron chi connectivity index (χ0n) is 19.9. The molecule has 1 aliphatic heterocycles. The molecule has 35 heavy (non-hydrogen) atoms. The first kappa shape index (κ1) is 22.8. The summed E-state index contributed by atoms with van der Waals surface area (Å²) in [6.07, 6.45) is 5.57. The van der Waals surface area contributed by atoms with Crippen molar-refractivity contribution in [3.05, 3.63) is 83.6 Å². The molecule has 0 bridgehead atoms. The van der Waals surface area contributed by atoms with Crippen molar-refractivity contribution in [3.8, 4) is 5.69 Å². The highest BCUT2D eigenvalue weighted by Crippen LogP contribution is 2.18. The maximum absolute atomic E-state index is 13.1. The number of fused-ring (bicyclic) bond motifs is 1. The number of imidazole rings is 1. The molecular formula is C26H28N6O3. The number of amides is 1. The van der Waals surface area contributed by atoms with Crippen molar-refractivity contribution in [3.63, 3.8) is 0 Å². The fourth-order valence-electron chi connectivity index (χ4n) is 4.41. The number of carbonyl (C=O) groups excluding carboxylic acids is 2. The molecular weight excluding hydrogens is 444 g/mol. The van der Waals surface area contributed by atoms with Gasteiger partial charge in [-0.25, -0.2) is 14.5 Å². The van der Waals surface area contributed by atoms with E-state index in [9.17, 15) is 9.59 Å². The monoisotopic (exact) mass is 472 g/mol. The Kier molecular flexibility index (Phi) is 6.33. The fourth-order valence-corrected chi connectivity index (χ4v) is 4.41. The first-order valence-electron chi connectivity index (χ1n) is 11.8. The number of ether oxygens (including phenoxy) is 1. The topological polar surface area (TPSA) is 85.0 Å². The van der Waals surface area contributed by atoms with Crippen molar-refractivity contribution in [2.45, 2.75) is 20.4 Å². The van der Waals surface area contributed by atoms with Crippen molar-refractivity contribution < 1.29 is 14.3 Å². The summed E-state index contributed by atoms with van der Waals surface area (Å²) >= 11 is 0. The Morgan fingerprint density at radius 1 is 1.03 bits per heavy atom.